The van der Waals surface area contributed by atoms with E-state index in [1.54, 1.807) is 4.90 Å². The summed E-state index contributed by atoms with van der Waals surface area (Å²) < 4.78 is 5.10. The smallest absolute Gasteiger partial charge is 0.237 e. The first-order valence-corrected chi connectivity index (χ1v) is 4.10. The summed E-state index contributed by atoms with van der Waals surface area (Å²) in [4.78, 5) is 23.9. The molecule has 2 atom stereocenters. The van der Waals surface area contributed by atoms with Crippen LogP contribution in [0, 0.1) is 5.92 Å². The summed E-state index contributed by atoms with van der Waals surface area (Å²) in [7, 11) is 0. The highest BCUT2D eigenvalue weighted by atomic mass is 16.5. The first-order chi connectivity index (χ1) is 5.72. The lowest BCUT2D eigenvalue weighted by Gasteiger charge is -2.48. The van der Waals surface area contributed by atoms with E-state index < -0.39 is 0 Å². The van der Waals surface area contributed by atoms with Crippen LogP contribution in [0.4, 0.5) is 0 Å². The van der Waals surface area contributed by atoms with E-state index in [1.165, 1.54) is 6.92 Å². The van der Waals surface area contributed by atoms with Crippen LogP contribution in [-0.4, -0.2) is 36.0 Å². The van der Waals surface area contributed by atoms with Gasteiger partial charge in [0.1, 0.15) is 18.4 Å². The maximum absolute atomic E-state index is 11.3. The van der Waals surface area contributed by atoms with Gasteiger partial charge in [-0.15, -0.1) is 0 Å². The molecular formula is C8H11NO3. The van der Waals surface area contributed by atoms with Gasteiger partial charge in [0, 0.05) is 0 Å². The average Bonchev–Trinajstić information content (AvgIpc) is 2.03. The van der Waals surface area contributed by atoms with Crippen LogP contribution in [-0.2, 0) is 14.3 Å². The molecule has 2 aliphatic heterocycles. The number of Topliss-reactive ketones (excluding diaryl/α,β-unsaturated/α-hetero) is 1. The molecule has 0 radical (unpaired) electrons. The van der Waals surface area contributed by atoms with Gasteiger partial charge in [-0.1, -0.05) is 0 Å². The highest BCUT2D eigenvalue weighted by Crippen LogP contribution is 2.32. The van der Waals surface area contributed by atoms with E-state index in [0.717, 1.165) is 6.42 Å². The van der Waals surface area contributed by atoms with Crippen molar-refractivity contribution in [1.29, 1.82) is 0 Å². The van der Waals surface area contributed by atoms with Crippen molar-refractivity contribution in [3.8, 4) is 0 Å². The van der Waals surface area contributed by atoms with Gasteiger partial charge < -0.3 is 9.64 Å². The number of hydrogen-bond donors (Lipinski definition) is 0. The molecule has 0 spiro atoms. The summed E-state index contributed by atoms with van der Waals surface area (Å²) in [6, 6.07) is 0.128. The number of nitrogens with zero attached hydrogens (tertiary/aromatic N) is 1. The van der Waals surface area contributed by atoms with Crippen LogP contribution in [0.5, 0.6) is 0 Å². The number of fused-ring (bicyclic) bond motifs is 1. The monoisotopic (exact) mass is 169 g/mol. The fourth-order valence-corrected chi connectivity index (χ4v) is 1.90. The molecule has 2 aliphatic rings. The Morgan fingerprint density at radius 2 is 2.42 bits per heavy atom. The van der Waals surface area contributed by atoms with Crippen molar-refractivity contribution < 1.29 is 14.3 Å². The maximum Gasteiger partial charge on any atom is 0.237 e. The van der Waals surface area contributed by atoms with Crippen molar-refractivity contribution in [2.24, 2.45) is 5.92 Å². The Kier molecular flexibility index (Phi) is 1.65. The zero-order valence-electron chi connectivity index (χ0n) is 6.95. The van der Waals surface area contributed by atoms with Crippen LogP contribution in [0.15, 0.2) is 0 Å². The van der Waals surface area contributed by atoms with Gasteiger partial charge >= 0.3 is 0 Å². The van der Waals surface area contributed by atoms with Gasteiger partial charge in [0.2, 0.25) is 5.91 Å². The van der Waals surface area contributed by atoms with Gasteiger partial charge in [0.05, 0.1) is 12.6 Å². The van der Waals surface area contributed by atoms with Gasteiger partial charge in [-0.05, 0) is 13.3 Å². The fraction of sp³-hybridized carbons (Fsp3) is 0.750. The quantitative estimate of drug-likeness (QED) is 0.402. The van der Waals surface area contributed by atoms with Crippen molar-refractivity contribution in [3.63, 3.8) is 0 Å². The summed E-state index contributed by atoms with van der Waals surface area (Å²) in [5.74, 6) is -0.441. The van der Waals surface area contributed by atoms with Crippen LogP contribution in [0.25, 0.3) is 0 Å². The van der Waals surface area contributed by atoms with Crippen LogP contribution >= 0.6 is 0 Å². The largest absolute Gasteiger partial charge is 0.361 e. The molecule has 0 bridgehead atoms. The van der Waals surface area contributed by atoms with Crippen molar-refractivity contribution in [3.05, 3.63) is 0 Å². The molecule has 2 heterocycles. The molecule has 2 unspecified atom stereocenters. The number of amides is 1. The third-order valence-electron chi connectivity index (χ3n) is 2.56. The summed E-state index contributed by atoms with van der Waals surface area (Å²) in [6.07, 6.45) is 0.802. The SMILES string of the molecule is CC(=O)C1C(=O)N2COCCC12. The minimum Gasteiger partial charge on any atom is -0.361 e. The lowest BCUT2D eigenvalue weighted by atomic mass is 9.82. The Morgan fingerprint density at radius 1 is 1.67 bits per heavy atom. The maximum atomic E-state index is 11.3. The van der Waals surface area contributed by atoms with E-state index in [2.05, 4.69) is 0 Å². The number of ether oxygens (including phenoxy) is 1. The van der Waals surface area contributed by atoms with Crippen molar-refractivity contribution >= 4 is 11.7 Å². The van der Waals surface area contributed by atoms with E-state index in [0.29, 0.717) is 13.3 Å². The summed E-state index contributed by atoms with van der Waals surface area (Å²) in [5.41, 5.74) is 0. The van der Waals surface area contributed by atoms with Crippen molar-refractivity contribution in [1.82, 2.24) is 4.90 Å². The molecule has 0 aromatic rings. The second-order valence-electron chi connectivity index (χ2n) is 3.29. The molecule has 2 saturated heterocycles. The van der Waals surface area contributed by atoms with Crippen LogP contribution < -0.4 is 0 Å². The Balaban J connectivity index is 2.10. The molecule has 4 heteroatoms. The lowest BCUT2D eigenvalue weighted by Crippen LogP contribution is -2.65. The van der Waals surface area contributed by atoms with E-state index in [1.807, 2.05) is 0 Å². The lowest BCUT2D eigenvalue weighted by molar-refractivity contribution is -0.180. The Bertz CT molecular complexity index is 238. The third-order valence-corrected chi connectivity index (χ3v) is 2.56. The first kappa shape index (κ1) is 7.73. The van der Waals surface area contributed by atoms with Crippen LogP contribution in [0.1, 0.15) is 13.3 Å². The molecule has 1 amide bonds. The zero-order valence-corrected chi connectivity index (χ0v) is 6.95. The molecule has 0 N–H and O–H groups in total. The summed E-state index contributed by atoms with van der Waals surface area (Å²) in [5, 5.41) is 0. The van der Waals surface area contributed by atoms with Gasteiger partial charge in [-0.2, -0.15) is 0 Å². The zero-order chi connectivity index (χ0) is 8.72. The topological polar surface area (TPSA) is 46.6 Å². The van der Waals surface area contributed by atoms with E-state index in [4.69, 9.17) is 4.74 Å². The van der Waals surface area contributed by atoms with Gasteiger partial charge in [-0.25, -0.2) is 0 Å². The first-order valence-electron chi connectivity index (χ1n) is 4.10. The summed E-state index contributed by atoms with van der Waals surface area (Å²) >= 11 is 0. The Morgan fingerprint density at radius 3 is 3.08 bits per heavy atom. The predicted octanol–water partition coefficient (Wildman–Crippen LogP) is -0.220. The highest BCUT2D eigenvalue weighted by molar-refractivity contribution is 6.05. The number of hydrogen-bond acceptors (Lipinski definition) is 3. The number of β-lactam (4-membered cyclic amide) rings is 1. The number of rotatable bonds is 1. The minimum atomic E-state index is -0.367. The number of ketones is 1. The molecule has 0 aliphatic carbocycles. The molecule has 0 aromatic heterocycles. The molecule has 12 heavy (non-hydrogen) atoms. The van der Waals surface area contributed by atoms with Crippen LogP contribution in [0.3, 0.4) is 0 Å². The number of carbonyl (C=O) groups excluding carboxylic acids is 2. The second-order valence-corrected chi connectivity index (χ2v) is 3.29. The molecule has 4 nitrogen and oxygen atoms in total. The highest BCUT2D eigenvalue weighted by Gasteiger charge is 2.50. The normalized spacial score (nSPS) is 34.1. The fourth-order valence-electron chi connectivity index (χ4n) is 1.90. The molecular weight excluding hydrogens is 158 g/mol. The average molecular weight is 169 g/mol. The third kappa shape index (κ3) is 0.876. The second kappa shape index (κ2) is 2.55. The van der Waals surface area contributed by atoms with Crippen molar-refractivity contribution in [2.75, 3.05) is 13.3 Å². The summed E-state index contributed by atoms with van der Waals surface area (Å²) in [6.45, 7) is 2.51. The molecule has 0 aromatic carbocycles. The van der Waals surface area contributed by atoms with Gasteiger partial charge in [0.25, 0.3) is 0 Å². The molecule has 2 fully saturated rings. The van der Waals surface area contributed by atoms with Crippen molar-refractivity contribution in [2.45, 2.75) is 19.4 Å². The minimum absolute atomic E-state index is 0.0110. The molecule has 2 rings (SSSR count). The molecule has 0 saturated carbocycles. The molecule has 66 valence electrons. The predicted molar refractivity (Wildman–Crippen MR) is 40.2 cm³/mol. The van der Waals surface area contributed by atoms with E-state index in [9.17, 15) is 9.59 Å². The van der Waals surface area contributed by atoms with E-state index >= 15 is 0 Å². The number of carbonyl (C=O) groups is 2. The van der Waals surface area contributed by atoms with Gasteiger partial charge in [0.15, 0.2) is 0 Å². The standard InChI is InChI=1S/C8H11NO3/c1-5(10)7-6-2-3-12-4-9(6)8(7)11/h6-7H,2-4H2,1H3. The van der Waals surface area contributed by atoms with Crippen LogP contribution in [0.2, 0.25) is 0 Å². The van der Waals surface area contributed by atoms with E-state index in [-0.39, 0.29) is 23.7 Å². The van der Waals surface area contributed by atoms with Gasteiger partial charge in [-0.3, -0.25) is 9.59 Å². The Labute approximate surface area is 70.5 Å². The Hall–Kier alpha value is -0.900.